The van der Waals surface area contributed by atoms with Crippen LogP contribution in [0.1, 0.15) is 19.8 Å². The van der Waals surface area contributed by atoms with Crippen molar-refractivity contribution in [2.45, 2.75) is 30.2 Å². The lowest BCUT2D eigenvalue weighted by molar-refractivity contribution is 0.451. The first-order valence-electron chi connectivity index (χ1n) is 6.89. The van der Waals surface area contributed by atoms with Gasteiger partial charge in [-0.25, -0.2) is 0 Å². The number of hydrogen-bond donors (Lipinski definition) is 1. The molecule has 0 aliphatic rings. The molecular weight excluding hydrogens is 264 g/mol. The van der Waals surface area contributed by atoms with Crippen LogP contribution in [-0.2, 0) is 0 Å². The number of hydrogen-bond acceptors (Lipinski definition) is 3. The zero-order valence-corrected chi connectivity index (χ0v) is 12.8. The number of nitriles is 1. The summed E-state index contributed by atoms with van der Waals surface area (Å²) >= 11 is 1.86. The summed E-state index contributed by atoms with van der Waals surface area (Å²) in [5.74, 6) is 1.04. The molecule has 1 unspecified atom stereocenters. The van der Waals surface area contributed by atoms with Crippen LogP contribution in [0.3, 0.4) is 0 Å². The number of thioether (sulfide) groups is 1. The van der Waals surface area contributed by atoms with Gasteiger partial charge in [-0.15, -0.1) is 11.8 Å². The SMILES string of the molecule is CNC(C)(C#N)CCCSc1ccc2ccccc2c1. The fourth-order valence-electron chi connectivity index (χ4n) is 2.11. The molecule has 2 aromatic carbocycles. The molecule has 2 rings (SSSR count). The predicted molar refractivity (Wildman–Crippen MR) is 87.0 cm³/mol. The number of nitrogens with one attached hydrogen (secondary N) is 1. The van der Waals surface area contributed by atoms with Gasteiger partial charge in [-0.05, 0) is 55.5 Å². The van der Waals surface area contributed by atoms with Gasteiger partial charge in [-0.2, -0.15) is 5.26 Å². The van der Waals surface area contributed by atoms with Gasteiger partial charge in [0.15, 0.2) is 0 Å². The molecule has 1 atom stereocenters. The van der Waals surface area contributed by atoms with E-state index in [0.29, 0.717) is 0 Å². The Morgan fingerprint density at radius 2 is 1.95 bits per heavy atom. The highest BCUT2D eigenvalue weighted by Crippen LogP contribution is 2.25. The zero-order valence-electron chi connectivity index (χ0n) is 12.0. The minimum absolute atomic E-state index is 0.399. The normalized spacial score (nSPS) is 13.8. The van der Waals surface area contributed by atoms with Crippen LogP contribution in [-0.4, -0.2) is 18.3 Å². The first-order valence-corrected chi connectivity index (χ1v) is 7.87. The molecule has 0 spiro atoms. The van der Waals surface area contributed by atoms with Gasteiger partial charge >= 0.3 is 0 Å². The highest BCUT2D eigenvalue weighted by molar-refractivity contribution is 7.99. The van der Waals surface area contributed by atoms with Crippen LogP contribution >= 0.6 is 11.8 Å². The molecule has 0 fully saturated rings. The van der Waals surface area contributed by atoms with E-state index in [-0.39, 0.29) is 0 Å². The van der Waals surface area contributed by atoms with E-state index in [1.54, 1.807) is 0 Å². The minimum Gasteiger partial charge on any atom is -0.303 e. The Labute approximate surface area is 125 Å². The lowest BCUT2D eigenvalue weighted by Gasteiger charge is -2.20. The van der Waals surface area contributed by atoms with Crippen molar-refractivity contribution in [2.24, 2.45) is 0 Å². The van der Waals surface area contributed by atoms with E-state index in [0.717, 1.165) is 18.6 Å². The van der Waals surface area contributed by atoms with E-state index in [1.807, 2.05) is 25.7 Å². The molecule has 2 nitrogen and oxygen atoms in total. The van der Waals surface area contributed by atoms with Gasteiger partial charge in [0.25, 0.3) is 0 Å². The molecule has 0 bridgehead atoms. The van der Waals surface area contributed by atoms with E-state index < -0.39 is 5.54 Å². The van der Waals surface area contributed by atoms with Crippen LogP contribution in [0.25, 0.3) is 10.8 Å². The van der Waals surface area contributed by atoms with E-state index in [9.17, 15) is 0 Å². The largest absolute Gasteiger partial charge is 0.303 e. The molecule has 0 heterocycles. The average molecular weight is 284 g/mol. The Bertz CT molecular complexity index is 618. The van der Waals surface area contributed by atoms with Crippen LogP contribution in [0, 0.1) is 11.3 Å². The maximum atomic E-state index is 9.10. The fraction of sp³-hybridized carbons (Fsp3) is 0.353. The Kier molecular flexibility index (Phi) is 5.05. The van der Waals surface area contributed by atoms with Crippen LogP contribution in [0.2, 0.25) is 0 Å². The van der Waals surface area contributed by atoms with Crippen molar-refractivity contribution < 1.29 is 0 Å². The summed E-state index contributed by atoms with van der Waals surface area (Å²) < 4.78 is 0. The molecule has 2 aromatic rings. The molecule has 1 N–H and O–H groups in total. The summed E-state index contributed by atoms with van der Waals surface area (Å²) in [7, 11) is 1.85. The third-order valence-electron chi connectivity index (χ3n) is 3.61. The second kappa shape index (κ2) is 6.78. The third kappa shape index (κ3) is 3.75. The summed E-state index contributed by atoms with van der Waals surface area (Å²) in [6.45, 7) is 1.95. The average Bonchev–Trinajstić information content (AvgIpc) is 2.51. The van der Waals surface area contributed by atoms with Crippen molar-refractivity contribution in [3.05, 3.63) is 42.5 Å². The minimum atomic E-state index is -0.399. The van der Waals surface area contributed by atoms with Gasteiger partial charge in [0.1, 0.15) is 5.54 Å². The summed E-state index contributed by atoms with van der Waals surface area (Å²) in [4.78, 5) is 1.30. The molecule has 20 heavy (non-hydrogen) atoms. The lowest BCUT2D eigenvalue weighted by atomic mass is 9.99. The number of rotatable bonds is 6. The standard InChI is InChI=1S/C17H20N2S/c1-17(13-18,19-2)10-5-11-20-16-9-8-14-6-3-4-7-15(14)12-16/h3-4,6-9,12,19H,5,10-11H2,1-2H3. The highest BCUT2D eigenvalue weighted by atomic mass is 32.2. The van der Waals surface area contributed by atoms with E-state index >= 15 is 0 Å². The number of nitrogens with zero attached hydrogens (tertiary/aromatic N) is 1. The van der Waals surface area contributed by atoms with Crippen molar-refractivity contribution in [1.82, 2.24) is 5.32 Å². The Morgan fingerprint density at radius 1 is 1.20 bits per heavy atom. The van der Waals surface area contributed by atoms with Crippen molar-refractivity contribution in [3.63, 3.8) is 0 Å². The molecule has 0 saturated carbocycles. The van der Waals surface area contributed by atoms with Gasteiger partial charge in [0.2, 0.25) is 0 Å². The van der Waals surface area contributed by atoms with Gasteiger partial charge in [0.05, 0.1) is 6.07 Å². The highest BCUT2D eigenvalue weighted by Gasteiger charge is 2.19. The maximum Gasteiger partial charge on any atom is 0.103 e. The molecule has 0 aromatic heterocycles. The smallest absolute Gasteiger partial charge is 0.103 e. The molecule has 3 heteroatoms. The molecule has 0 saturated heterocycles. The van der Waals surface area contributed by atoms with Crippen molar-refractivity contribution in [1.29, 1.82) is 5.26 Å². The molecular formula is C17H20N2S. The van der Waals surface area contributed by atoms with E-state index in [2.05, 4.69) is 53.9 Å². The van der Waals surface area contributed by atoms with Crippen molar-refractivity contribution >= 4 is 22.5 Å². The van der Waals surface area contributed by atoms with Gasteiger partial charge in [0, 0.05) is 4.90 Å². The van der Waals surface area contributed by atoms with Crippen LogP contribution in [0.15, 0.2) is 47.4 Å². The van der Waals surface area contributed by atoms with Crippen molar-refractivity contribution in [3.8, 4) is 6.07 Å². The fourth-order valence-corrected chi connectivity index (χ4v) is 3.01. The third-order valence-corrected chi connectivity index (χ3v) is 4.69. The molecule has 0 aliphatic heterocycles. The Balaban J connectivity index is 1.89. The first kappa shape index (κ1) is 14.9. The zero-order chi connectivity index (χ0) is 14.4. The molecule has 0 amide bonds. The Morgan fingerprint density at radius 3 is 2.65 bits per heavy atom. The van der Waals surface area contributed by atoms with E-state index in [4.69, 9.17) is 5.26 Å². The van der Waals surface area contributed by atoms with Crippen LogP contribution in [0.4, 0.5) is 0 Å². The van der Waals surface area contributed by atoms with E-state index in [1.165, 1.54) is 15.7 Å². The van der Waals surface area contributed by atoms with Gasteiger partial charge in [-0.1, -0.05) is 30.3 Å². The summed E-state index contributed by atoms with van der Waals surface area (Å²) in [6, 6.07) is 17.3. The number of benzene rings is 2. The lowest BCUT2D eigenvalue weighted by Crippen LogP contribution is -2.37. The summed E-state index contributed by atoms with van der Waals surface area (Å²) in [6.07, 6.45) is 1.91. The van der Waals surface area contributed by atoms with Crippen LogP contribution < -0.4 is 5.32 Å². The quantitative estimate of drug-likeness (QED) is 0.637. The van der Waals surface area contributed by atoms with Crippen LogP contribution in [0.5, 0.6) is 0 Å². The first-order chi connectivity index (χ1) is 9.67. The van der Waals surface area contributed by atoms with Gasteiger partial charge < -0.3 is 5.32 Å². The second-order valence-electron chi connectivity index (χ2n) is 5.15. The topological polar surface area (TPSA) is 35.8 Å². The predicted octanol–water partition coefficient (Wildman–Crippen LogP) is 4.21. The maximum absolute atomic E-state index is 9.10. The van der Waals surface area contributed by atoms with Crippen molar-refractivity contribution in [2.75, 3.05) is 12.8 Å². The summed E-state index contributed by atoms with van der Waals surface area (Å²) in [5, 5.41) is 14.7. The molecule has 104 valence electrons. The summed E-state index contributed by atoms with van der Waals surface area (Å²) in [5.41, 5.74) is -0.399. The molecule has 0 radical (unpaired) electrons. The number of fused-ring (bicyclic) bond motifs is 1. The second-order valence-corrected chi connectivity index (χ2v) is 6.32. The van der Waals surface area contributed by atoms with Gasteiger partial charge in [-0.3, -0.25) is 0 Å². The Hall–Kier alpha value is -1.50. The monoisotopic (exact) mass is 284 g/mol. The molecule has 0 aliphatic carbocycles.